The first-order valence-corrected chi connectivity index (χ1v) is 9.91. The molecule has 1 aromatic heterocycles. The summed E-state index contributed by atoms with van der Waals surface area (Å²) in [6, 6.07) is 1.19. The molecule has 1 atom stereocenters. The van der Waals surface area contributed by atoms with Crippen molar-refractivity contribution in [2.24, 2.45) is 0 Å². The zero-order valence-electron chi connectivity index (χ0n) is 18.3. The lowest BCUT2D eigenvalue weighted by atomic mass is 10.1. The number of rotatable bonds is 9. The number of unbranched alkanes of at least 4 members (excludes halogenated alkanes) is 1. The van der Waals surface area contributed by atoms with Crippen LogP contribution in [-0.4, -0.2) is 41.5 Å². The van der Waals surface area contributed by atoms with Gasteiger partial charge in [-0.05, 0) is 60.5 Å². The molecule has 7 nitrogen and oxygen atoms in total. The second-order valence-corrected chi connectivity index (χ2v) is 8.76. The highest BCUT2D eigenvalue weighted by molar-refractivity contribution is 5.91. The Hall–Kier alpha value is -2.02. The molecule has 0 spiro atoms. The van der Waals surface area contributed by atoms with Gasteiger partial charge in [-0.1, -0.05) is 13.3 Å². The van der Waals surface area contributed by atoms with Gasteiger partial charge in [-0.2, -0.15) is 0 Å². The number of hydrogen-bond donors (Lipinski definition) is 2. The normalized spacial score (nSPS) is 13.1. The molecule has 1 aromatic rings. The highest BCUT2D eigenvalue weighted by Gasteiger charge is 2.27. The Morgan fingerprint density at radius 2 is 1.71 bits per heavy atom. The Balaban J connectivity index is 2.93. The largest absolute Gasteiger partial charge is 0.456 e. The van der Waals surface area contributed by atoms with Gasteiger partial charge in [-0.25, -0.2) is 9.59 Å². The Kier molecular flexibility index (Phi) is 9.01. The zero-order chi connectivity index (χ0) is 21.4. The van der Waals surface area contributed by atoms with Gasteiger partial charge in [0.05, 0.1) is 17.3 Å². The number of aromatic nitrogens is 1. The topological polar surface area (TPSA) is 89.7 Å². The van der Waals surface area contributed by atoms with Gasteiger partial charge < -0.3 is 24.5 Å². The lowest BCUT2D eigenvalue weighted by Crippen LogP contribution is -2.36. The predicted molar refractivity (Wildman–Crippen MR) is 108 cm³/mol. The van der Waals surface area contributed by atoms with Crippen LogP contribution in [0.1, 0.15) is 89.8 Å². The molecule has 2 N–H and O–H groups in total. The van der Waals surface area contributed by atoms with Crippen LogP contribution in [0.4, 0.5) is 4.79 Å². The summed E-state index contributed by atoms with van der Waals surface area (Å²) < 4.78 is 16.5. The molecule has 1 rings (SSSR count). The molecule has 0 bridgehead atoms. The van der Waals surface area contributed by atoms with Crippen molar-refractivity contribution in [3.05, 3.63) is 23.5 Å². The molecule has 0 aliphatic carbocycles. The zero-order valence-corrected chi connectivity index (χ0v) is 18.3. The molecular formula is C21H36N2O5. The standard InChI is InChI=1S/C21H36N2O5/c1-8-9-13-26-14-11-16(23-19(25)28-21(5,6)7)17-15(10-12-22-17)18(24)27-20(2,3)4/h10,12,16,22H,8-9,11,13-14H2,1-7H3,(H,23,25)/t16-/m1/s1. The third-order valence-electron chi connectivity index (χ3n) is 3.63. The van der Waals surface area contributed by atoms with Crippen LogP contribution in [0.2, 0.25) is 0 Å². The van der Waals surface area contributed by atoms with E-state index in [0.717, 1.165) is 12.8 Å². The van der Waals surface area contributed by atoms with Crippen molar-refractivity contribution in [1.82, 2.24) is 10.3 Å². The van der Waals surface area contributed by atoms with Gasteiger partial charge in [0.25, 0.3) is 0 Å². The summed E-state index contributed by atoms with van der Waals surface area (Å²) in [5.41, 5.74) is -0.248. The van der Waals surface area contributed by atoms with Crippen LogP contribution in [0.3, 0.4) is 0 Å². The van der Waals surface area contributed by atoms with Crippen molar-refractivity contribution in [3.63, 3.8) is 0 Å². The van der Waals surface area contributed by atoms with Crippen LogP contribution in [0, 0.1) is 0 Å². The minimum absolute atomic E-state index is 0.393. The van der Waals surface area contributed by atoms with E-state index in [1.165, 1.54) is 0 Å². The van der Waals surface area contributed by atoms with E-state index < -0.39 is 29.3 Å². The highest BCUT2D eigenvalue weighted by Crippen LogP contribution is 2.23. The Morgan fingerprint density at radius 3 is 2.29 bits per heavy atom. The van der Waals surface area contributed by atoms with Gasteiger partial charge in [0, 0.05) is 19.4 Å². The van der Waals surface area contributed by atoms with Gasteiger partial charge >= 0.3 is 12.1 Å². The number of alkyl carbamates (subject to hydrolysis) is 1. The number of carbonyl (C=O) groups excluding carboxylic acids is 2. The summed E-state index contributed by atoms with van der Waals surface area (Å²) in [5, 5.41) is 2.84. The fourth-order valence-electron chi connectivity index (χ4n) is 2.47. The van der Waals surface area contributed by atoms with Crippen LogP contribution >= 0.6 is 0 Å². The molecular weight excluding hydrogens is 360 g/mol. The molecule has 0 unspecified atom stereocenters. The van der Waals surface area contributed by atoms with Crippen molar-refractivity contribution in [1.29, 1.82) is 0 Å². The summed E-state index contributed by atoms with van der Waals surface area (Å²) >= 11 is 0. The van der Waals surface area contributed by atoms with Gasteiger partial charge in [0.1, 0.15) is 11.2 Å². The van der Waals surface area contributed by atoms with Gasteiger partial charge in [0.15, 0.2) is 0 Å². The fraction of sp³-hybridized carbons (Fsp3) is 0.714. The maximum atomic E-state index is 12.6. The first kappa shape index (κ1) is 24.0. The van der Waals surface area contributed by atoms with E-state index in [2.05, 4.69) is 17.2 Å². The molecule has 0 aliphatic rings. The second kappa shape index (κ2) is 10.5. The number of nitrogens with one attached hydrogen (secondary N) is 2. The Morgan fingerprint density at radius 1 is 1.07 bits per heavy atom. The second-order valence-electron chi connectivity index (χ2n) is 8.76. The lowest BCUT2D eigenvalue weighted by Gasteiger charge is -2.24. The van der Waals surface area contributed by atoms with Crippen LogP contribution < -0.4 is 5.32 Å². The van der Waals surface area contributed by atoms with E-state index >= 15 is 0 Å². The smallest absolute Gasteiger partial charge is 0.408 e. The van der Waals surface area contributed by atoms with Crippen molar-refractivity contribution in [2.75, 3.05) is 13.2 Å². The van der Waals surface area contributed by atoms with E-state index in [0.29, 0.717) is 30.9 Å². The van der Waals surface area contributed by atoms with Crippen LogP contribution in [0.15, 0.2) is 12.3 Å². The van der Waals surface area contributed by atoms with Crippen molar-refractivity contribution in [2.45, 2.75) is 85.0 Å². The van der Waals surface area contributed by atoms with Gasteiger partial charge in [0.2, 0.25) is 0 Å². The number of ether oxygens (including phenoxy) is 3. The molecule has 7 heteroatoms. The van der Waals surface area contributed by atoms with E-state index in [-0.39, 0.29) is 0 Å². The number of carbonyl (C=O) groups is 2. The highest BCUT2D eigenvalue weighted by atomic mass is 16.6. The van der Waals surface area contributed by atoms with Crippen LogP contribution in [-0.2, 0) is 14.2 Å². The SMILES string of the molecule is CCCCOCC[C@@H](NC(=O)OC(C)(C)C)c1[nH]ccc1C(=O)OC(C)(C)C. The van der Waals surface area contributed by atoms with Gasteiger partial charge in [-0.15, -0.1) is 0 Å². The number of esters is 1. The van der Waals surface area contributed by atoms with E-state index in [1.54, 1.807) is 33.0 Å². The molecule has 1 amide bonds. The lowest BCUT2D eigenvalue weighted by molar-refractivity contribution is 0.00656. The molecule has 0 saturated heterocycles. The summed E-state index contributed by atoms with van der Waals surface area (Å²) in [7, 11) is 0. The summed E-state index contributed by atoms with van der Waals surface area (Å²) in [6.07, 6.45) is 3.65. The molecule has 0 radical (unpaired) electrons. The predicted octanol–water partition coefficient (Wildman–Crippen LogP) is 4.74. The third-order valence-corrected chi connectivity index (χ3v) is 3.63. The number of amides is 1. The van der Waals surface area contributed by atoms with Crippen LogP contribution in [0.25, 0.3) is 0 Å². The molecule has 1 heterocycles. The number of H-pyrrole nitrogens is 1. The van der Waals surface area contributed by atoms with E-state index in [1.807, 2.05) is 20.8 Å². The van der Waals surface area contributed by atoms with E-state index in [4.69, 9.17) is 14.2 Å². The molecule has 28 heavy (non-hydrogen) atoms. The first-order valence-electron chi connectivity index (χ1n) is 9.91. The van der Waals surface area contributed by atoms with Gasteiger partial charge in [-0.3, -0.25) is 0 Å². The molecule has 0 aromatic carbocycles. The monoisotopic (exact) mass is 396 g/mol. The van der Waals surface area contributed by atoms with E-state index in [9.17, 15) is 9.59 Å². The first-order chi connectivity index (χ1) is 12.9. The van der Waals surface area contributed by atoms with Crippen molar-refractivity contribution >= 4 is 12.1 Å². The molecule has 0 aliphatic heterocycles. The van der Waals surface area contributed by atoms with Crippen LogP contribution in [0.5, 0.6) is 0 Å². The quantitative estimate of drug-likeness (QED) is 0.465. The molecule has 160 valence electrons. The maximum absolute atomic E-state index is 12.6. The van der Waals surface area contributed by atoms with Crippen molar-refractivity contribution < 1.29 is 23.8 Å². The summed E-state index contributed by atoms with van der Waals surface area (Å²) in [4.78, 5) is 27.9. The number of hydrogen-bond acceptors (Lipinski definition) is 5. The maximum Gasteiger partial charge on any atom is 0.408 e. The fourth-order valence-corrected chi connectivity index (χ4v) is 2.47. The average Bonchev–Trinajstić information content (AvgIpc) is 2.99. The third kappa shape index (κ3) is 9.26. The van der Waals surface area contributed by atoms with Crippen molar-refractivity contribution in [3.8, 4) is 0 Å². The summed E-state index contributed by atoms with van der Waals surface area (Å²) in [5.74, 6) is -0.438. The minimum Gasteiger partial charge on any atom is -0.456 e. The molecule has 0 saturated carbocycles. The summed E-state index contributed by atoms with van der Waals surface area (Å²) in [6.45, 7) is 14.1. The Labute approximate surface area is 168 Å². The number of aromatic amines is 1. The Bertz CT molecular complexity index is 625. The molecule has 0 fully saturated rings. The minimum atomic E-state index is -0.615. The average molecular weight is 397 g/mol.